The molecule has 0 bridgehead atoms. The second-order valence-electron chi connectivity index (χ2n) is 3.79. The number of amides is 2. The highest BCUT2D eigenvalue weighted by Crippen LogP contribution is 2.28. The van der Waals surface area contributed by atoms with Crippen molar-refractivity contribution in [1.82, 2.24) is 4.90 Å². The molecule has 2 aliphatic rings. The van der Waals surface area contributed by atoms with Crippen molar-refractivity contribution in [2.75, 3.05) is 0 Å². The molecule has 0 aromatic carbocycles. The molecule has 1 aliphatic heterocycles. The zero-order valence-electron chi connectivity index (χ0n) is 7.40. The van der Waals surface area contributed by atoms with Gasteiger partial charge in [0.15, 0.2) is 0 Å². The van der Waals surface area contributed by atoms with Gasteiger partial charge in [-0.1, -0.05) is 0 Å². The maximum atomic E-state index is 11.4. The molecule has 0 radical (unpaired) electrons. The summed E-state index contributed by atoms with van der Waals surface area (Å²) in [5.41, 5.74) is 0. The van der Waals surface area contributed by atoms with Crippen molar-refractivity contribution >= 4 is 11.8 Å². The average Bonchev–Trinajstić information content (AvgIpc) is 2.00. The molecule has 1 N–H and O–H groups in total. The van der Waals surface area contributed by atoms with Gasteiger partial charge in [0.1, 0.15) is 0 Å². The molecule has 1 saturated carbocycles. The molecule has 0 spiro atoms. The Morgan fingerprint density at radius 3 is 2.15 bits per heavy atom. The number of hydrogen-bond acceptors (Lipinski definition) is 3. The maximum absolute atomic E-state index is 11.4. The molecule has 0 aromatic heterocycles. The fourth-order valence-corrected chi connectivity index (χ4v) is 1.95. The van der Waals surface area contributed by atoms with Gasteiger partial charge in [0.25, 0.3) is 0 Å². The lowest BCUT2D eigenvalue weighted by atomic mass is 9.86. The Morgan fingerprint density at radius 2 is 1.69 bits per heavy atom. The largest absolute Gasteiger partial charge is 0.393 e. The van der Waals surface area contributed by atoms with Crippen LogP contribution in [0.15, 0.2) is 0 Å². The first-order valence-corrected chi connectivity index (χ1v) is 4.71. The molecule has 4 nitrogen and oxygen atoms in total. The van der Waals surface area contributed by atoms with E-state index < -0.39 is 0 Å². The van der Waals surface area contributed by atoms with Crippen LogP contribution in [0.5, 0.6) is 0 Å². The van der Waals surface area contributed by atoms with Crippen LogP contribution in [0.2, 0.25) is 0 Å². The van der Waals surface area contributed by atoms with Crippen LogP contribution in [0.1, 0.15) is 32.1 Å². The topological polar surface area (TPSA) is 57.6 Å². The van der Waals surface area contributed by atoms with Crippen LogP contribution in [0.25, 0.3) is 0 Å². The number of carbonyl (C=O) groups is 2. The van der Waals surface area contributed by atoms with Crippen molar-refractivity contribution in [3.05, 3.63) is 0 Å². The van der Waals surface area contributed by atoms with Gasteiger partial charge in [-0.25, -0.2) is 0 Å². The summed E-state index contributed by atoms with van der Waals surface area (Å²) in [5.74, 6) is -0.124. The monoisotopic (exact) mass is 183 g/mol. The number of hydrogen-bond donors (Lipinski definition) is 1. The fourth-order valence-electron chi connectivity index (χ4n) is 1.95. The van der Waals surface area contributed by atoms with Crippen LogP contribution < -0.4 is 0 Å². The number of likely N-dealkylation sites (tertiary alicyclic amines) is 1. The summed E-state index contributed by atoms with van der Waals surface area (Å²) in [6, 6.07) is -0.0182. The molecule has 0 unspecified atom stereocenters. The minimum Gasteiger partial charge on any atom is -0.393 e. The minimum atomic E-state index is -0.312. The molecular weight excluding hydrogens is 170 g/mol. The van der Waals surface area contributed by atoms with Gasteiger partial charge >= 0.3 is 0 Å². The fraction of sp³-hybridized carbons (Fsp3) is 0.778. The summed E-state index contributed by atoms with van der Waals surface area (Å²) in [7, 11) is 0. The molecule has 2 rings (SSSR count). The van der Waals surface area contributed by atoms with E-state index in [1.54, 1.807) is 0 Å². The molecule has 1 heterocycles. The molecule has 0 aromatic rings. The quantitative estimate of drug-likeness (QED) is 0.584. The van der Waals surface area contributed by atoms with Gasteiger partial charge in [0, 0.05) is 18.9 Å². The summed E-state index contributed by atoms with van der Waals surface area (Å²) < 4.78 is 0. The van der Waals surface area contributed by atoms with Gasteiger partial charge in [-0.15, -0.1) is 0 Å². The summed E-state index contributed by atoms with van der Waals surface area (Å²) in [6.45, 7) is 0. The summed E-state index contributed by atoms with van der Waals surface area (Å²) in [5, 5.41) is 9.07. The van der Waals surface area contributed by atoms with E-state index in [0.717, 1.165) is 0 Å². The lowest BCUT2D eigenvalue weighted by molar-refractivity contribution is -0.155. The van der Waals surface area contributed by atoms with Crippen molar-refractivity contribution in [2.24, 2.45) is 0 Å². The second kappa shape index (κ2) is 3.10. The van der Waals surface area contributed by atoms with Crippen LogP contribution in [0, 0.1) is 0 Å². The molecule has 2 amide bonds. The molecular formula is C9H13NO3. The summed E-state index contributed by atoms with van der Waals surface area (Å²) >= 11 is 0. The van der Waals surface area contributed by atoms with E-state index in [-0.39, 0.29) is 24.0 Å². The Bertz CT molecular complexity index is 229. The molecule has 0 atom stereocenters. The van der Waals surface area contributed by atoms with Gasteiger partial charge in [-0.05, 0) is 19.3 Å². The predicted molar refractivity (Wildman–Crippen MR) is 44.7 cm³/mol. The predicted octanol–water partition coefficient (Wildman–Crippen LogP) is 0.0488. The average molecular weight is 183 g/mol. The molecule has 72 valence electrons. The number of piperidine rings is 1. The van der Waals surface area contributed by atoms with Crippen LogP contribution >= 0.6 is 0 Å². The second-order valence-corrected chi connectivity index (χ2v) is 3.79. The minimum absolute atomic E-state index is 0.0182. The standard InChI is InChI=1S/C9H13NO3/c11-7-4-6(5-7)10-8(12)2-1-3-9(10)13/h6-7,11H,1-5H2. The Balaban J connectivity index is 2.02. The van der Waals surface area contributed by atoms with E-state index in [1.165, 1.54) is 4.90 Å². The van der Waals surface area contributed by atoms with E-state index >= 15 is 0 Å². The lowest BCUT2D eigenvalue weighted by Crippen LogP contribution is -2.53. The Hall–Kier alpha value is -0.900. The van der Waals surface area contributed by atoms with Crippen LogP contribution in [-0.2, 0) is 9.59 Å². The van der Waals surface area contributed by atoms with Gasteiger partial charge in [-0.3, -0.25) is 14.5 Å². The maximum Gasteiger partial charge on any atom is 0.229 e. The lowest BCUT2D eigenvalue weighted by Gasteiger charge is -2.40. The van der Waals surface area contributed by atoms with Gasteiger partial charge < -0.3 is 5.11 Å². The third kappa shape index (κ3) is 1.46. The smallest absolute Gasteiger partial charge is 0.229 e. The summed E-state index contributed by atoms with van der Waals surface area (Å²) in [6.07, 6.45) is 2.47. The van der Waals surface area contributed by atoms with E-state index in [0.29, 0.717) is 32.1 Å². The molecule has 1 saturated heterocycles. The molecule has 4 heteroatoms. The first-order chi connectivity index (χ1) is 6.18. The summed E-state index contributed by atoms with van der Waals surface area (Å²) in [4.78, 5) is 24.1. The third-order valence-corrected chi connectivity index (χ3v) is 2.77. The van der Waals surface area contributed by atoms with E-state index in [4.69, 9.17) is 5.11 Å². The van der Waals surface area contributed by atoms with E-state index in [2.05, 4.69) is 0 Å². The Morgan fingerprint density at radius 1 is 1.15 bits per heavy atom. The molecule has 13 heavy (non-hydrogen) atoms. The number of imide groups is 1. The van der Waals surface area contributed by atoms with Crippen LogP contribution in [0.4, 0.5) is 0 Å². The van der Waals surface area contributed by atoms with Gasteiger partial charge in [-0.2, -0.15) is 0 Å². The zero-order chi connectivity index (χ0) is 9.42. The van der Waals surface area contributed by atoms with Gasteiger partial charge in [0.05, 0.1) is 6.10 Å². The first kappa shape index (κ1) is 8.69. The number of nitrogens with zero attached hydrogens (tertiary/aromatic N) is 1. The Labute approximate surface area is 76.5 Å². The Kier molecular flexibility index (Phi) is 2.07. The molecule has 2 fully saturated rings. The van der Waals surface area contributed by atoms with Crippen molar-refractivity contribution < 1.29 is 14.7 Å². The molecule has 1 aliphatic carbocycles. The van der Waals surface area contributed by atoms with E-state index in [1.807, 2.05) is 0 Å². The number of aliphatic hydroxyl groups excluding tert-OH is 1. The van der Waals surface area contributed by atoms with Crippen LogP contribution in [0.3, 0.4) is 0 Å². The van der Waals surface area contributed by atoms with Crippen LogP contribution in [-0.4, -0.2) is 34.0 Å². The van der Waals surface area contributed by atoms with Crippen molar-refractivity contribution in [3.8, 4) is 0 Å². The number of rotatable bonds is 1. The third-order valence-electron chi connectivity index (χ3n) is 2.77. The first-order valence-electron chi connectivity index (χ1n) is 4.71. The van der Waals surface area contributed by atoms with Crippen molar-refractivity contribution in [2.45, 2.75) is 44.2 Å². The van der Waals surface area contributed by atoms with Crippen molar-refractivity contribution in [3.63, 3.8) is 0 Å². The number of aliphatic hydroxyl groups is 1. The SMILES string of the molecule is O=C1CCCC(=O)N1C1CC(O)C1. The van der Waals surface area contributed by atoms with E-state index in [9.17, 15) is 9.59 Å². The highest BCUT2D eigenvalue weighted by atomic mass is 16.3. The highest BCUT2D eigenvalue weighted by molar-refractivity contribution is 5.98. The van der Waals surface area contributed by atoms with Gasteiger partial charge in [0.2, 0.25) is 11.8 Å². The highest BCUT2D eigenvalue weighted by Gasteiger charge is 2.39. The normalized spacial score (nSPS) is 34.7. The van der Waals surface area contributed by atoms with Crippen molar-refractivity contribution in [1.29, 1.82) is 0 Å². The number of carbonyl (C=O) groups excluding carboxylic acids is 2. The zero-order valence-corrected chi connectivity index (χ0v) is 7.40.